The van der Waals surface area contributed by atoms with Crippen LogP contribution in [0.4, 0.5) is 14.5 Å². The average Bonchev–Trinajstić information content (AvgIpc) is 2.20. The van der Waals surface area contributed by atoms with Crippen molar-refractivity contribution in [3.63, 3.8) is 0 Å². The quantitative estimate of drug-likeness (QED) is 0.499. The summed E-state index contributed by atoms with van der Waals surface area (Å²) in [4.78, 5) is 11.0. The molecule has 1 N–H and O–H groups in total. The molecule has 90 valence electrons. The minimum Gasteiger partial charge on any atom is -0.510 e. The minimum atomic E-state index is -0.896. The summed E-state index contributed by atoms with van der Waals surface area (Å²) in [7, 11) is 0. The number of aliphatic hydroxyl groups excluding tert-OH is 1. The predicted octanol–water partition coefficient (Wildman–Crippen LogP) is 3.43. The Morgan fingerprint density at radius 1 is 1.29 bits per heavy atom. The van der Waals surface area contributed by atoms with Gasteiger partial charge in [0.2, 0.25) is 0 Å². The normalized spacial score (nSPS) is 12.7. The van der Waals surface area contributed by atoms with Gasteiger partial charge in [-0.15, -0.1) is 10.2 Å². The number of aliphatic hydroxyl groups is 1. The summed E-state index contributed by atoms with van der Waals surface area (Å²) >= 11 is 0. The molecule has 0 heterocycles. The molecule has 6 heteroatoms. The van der Waals surface area contributed by atoms with E-state index in [4.69, 9.17) is 5.11 Å². The number of azo groups is 1. The second kappa shape index (κ2) is 5.29. The first kappa shape index (κ1) is 13.0. The summed E-state index contributed by atoms with van der Waals surface area (Å²) in [5.74, 6) is -2.45. The zero-order chi connectivity index (χ0) is 13.0. The first-order valence-electron chi connectivity index (χ1n) is 4.69. The molecule has 0 saturated heterocycles. The smallest absolute Gasteiger partial charge is 0.183 e. The van der Waals surface area contributed by atoms with E-state index in [1.807, 2.05) is 0 Å². The Morgan fingerprint density at radius 2 is 1.94 bits per heavy atom. The molecular formula is C11H10F2N2O2. The van der Waals surface area contributed by atoms with Gasteiger partial charge in [0.05, 0.1) is 0 Å². The second-order valence-corrected chi connectivity index (χ2v) is 3.29. The summed E-state index contributed by atoms with van der Waals surface area (Å²) in [6.45, 7) is 2.45. The summed E-state index contributed by atoms with van der Waals surface area (Å²) in [5, 5.41) is 16.0. The Bertz CT molecular complexity index is 506. The van der Waals surface area contributed by atoms with Crippen molar-refractivity contribution in [3.8, 4) is 0 Å². The zero-order valence-electron chi connectivity index (χ0n) is 9.24. The topological polar surface area (TPSA) is 62.0 Å². The van der Waals surface area contributed by atoms with E-state index in [0.29, 0.717) is 6.07 Å². The van der Waals surface area contributed by atoms with Crippen molar-refractivity contribution >= 4 is 11.5 Å². The highest BCUT2D eigenvalue weighted by Gasteiger charge is 2.08. The molecule has 1 aromatic carbocycles. The van der Waals surface area contributed by atoms with Crippen molar-refractivity contribution in [2.75, 3.05) is 0 Å². The largest absolute Gasteiger partial charge is 0.510 e. The Hall–Kier alpha value is -2.11. The summed E-state index contributed by atoms with van der Waals surface area (Å²) in [6.07, 6.45) is 0. The van der Waals surface area contributed by atoms with Crippen molar-refractivity contribution < 1.29 is 18.7 Å². The molecular weight excluding hydrogens is 230 g/mol. The van der Waals surface area contributed by atoms with Crippen LogP contribution in [-0.2, 0) is 4.79 Å². The van der Waals surface area contributed by atoms with Crippen LogP contribution in [0.2, 0.25) is 0 Å². The summed E-state index contributed by atoms with van der Waals surface area (Å²) < 4.78 is 25.7. The number of hydrogen-bond donors (Lipinski definition) is 1. The summed E-state index contributed by atoms with van der Waals surface area (Å²) in [6, 6.07) is 2.75. The highest BCUT2D eigenvalue weighted by molar-refractivity contribution is 5.93. The van der Waals surface area contributed by atoms with Crippen molar-refractivity contribution in [1.82, 2.24) is 0 Å². The molecule has 1 rings (SSSR count). The third-order valence-corrected chi connectivity index (χ3v) is 1.84. The highest BCUT2D eigenvalue weighted by atomic mass is 19.1. The van der Waals surface area contributed by atoms with E-state index in [2.05, 4.69) is 10.2 Å². The maximum absolute atomic E-state index is 13.1. The number of ketones is 1. The van der Waals surface area contributed by atoms with Crippen LogP contribution in [0, 0.1) is 11.6 Å². The van der Waals surface area contributed by atoms with Gasteiger partial charge in [0.1, 0.15) is 17.3 Å². The molecule has 0 aromatic heterocycles. The van der Waals surface area contributed by atoms with E-state index in [0.717, 1.165) is 12.1 Å². The van der Waals surface area contributed by atoms with E-state index >= 15 is 0 Å². The monoisotopic (exact) mass is 240 g/mol. The minimum absolute atomic E-state index is 0.216. The van der Waals surface area contributed by atoms with E-state index < -0.39 is 17.4 Å². The molecule has 0 aliphatic rings. The lowest BCUT2D eigenvalue weighted by atomic mass is 10.3. The fourth-order valence-electron chi connectivity index (χ4n) is 1.06. The van der Waals surface area contributed by atoms with Crippen molar-refractivity contribution in [1.29, 1.82) is 0 Å². The van der Waals surface area contributed by atoms with Gasteiger partial charge in [-0.1, -0.05) is 0 Å². The molecule has 0 unspecified atom stereocenters. The van der Waals surface area contributed by atoms with Gasteiger partial charge in [0.15, 0.2) is 17.3 Å². The molecule has 0 fully saturated rings. The molecule has 0 aliphatic heterocycles. The van der Waals surface area contributed by atoms with Crippen LogP contribution in [0.15, 0.2) is 39.9 Å². The molecule has 1 aromatic rings. The highest BCUT2D eigenvalue weighted by Crippen LogP contribution is 2.20. The van der Waals surface area contributed by atoms with Crippen LogP contribution < -0.4 is 0 Å². The molecule has 4 nitrogen and oxygen atoms in total. The Kier molecular flexibility index (Phi) is 4.03. The van der Waals surface area contributed by atoms with Gasteiger partial charge in [-0.25, -0.2) is 8.78 Å². The maximum Gasteiger partial charge on any atom is 0.183 e. The number of Topliss-reactive ketones (excluding diaryl/α,β-unsaturated/α-hetero) is 1. The van der Waals surface area contributed by atoms with Gasteiger partial charge in [0.25, 0.3) is 0 Å². The molecule has 0 bridgehead atoms. The first-order valence-corrected chi connectivity index (χ1v) is 4.69. The fraction of sp³-hybridized carbons (Fsp3) is 0.182. The van der Waals surface area contributed by atoms with Crippen molar-refractivity contribution in [2.45, 2.75) is 13.8 Å². The third-order valence-electron chi connectivity index (χ3n) is 1.84. The van der Waals surface area contributed by atoms with Crippen LogP contribution in [0.25, 0.3) is 0 Å². The first-order chi connectivity index (χ1) is 7.91. The number of hydrogen-bond acceptors (Lipinski definition) is 4. The third kappa shape index (κ3) is 3.44. The number of benzene rings is 1. The standard InChI is InChI=1S/C11H10F2N2O2/c1-6(16)11(7(2)17)15-14-10-4-3-8(12)5-9(10)13/h3-5,16H,1-2H3/b11-6+,15-14?. The number of carbonyl (C=O) groups excluding carboxylic acids is 1. The predicted molar refractivity (Wildman–Crippen MR) is 56.9 cm³/mol. The van der Waals surface area contributed by atoms with Crippen LogP contribution >= 0.6 is 0 Å². The average molecular weight is 240 g/mol. The Balaban J connectivity index is 3.05. The van der Waals surface area contributed by atoms with Crippen LogP contribution in [0.1, 0.15) is 13.8 Å². The van der Waals surface area contributed by atoms with Crippen LogP contribution in [-0.4, -0.2) is 10.9 Å². The molecule has 0 radical (unpaired) electrons. The number of rotatable bonds is 3. The lowest BCUT2D eigenvalue weighted by Gasteiger charge is -1.98. The van der Waals surface area contributed by atoms with E-state index in [-0.39, 0.29) is 17.1 Å². The molecule has 0 atom stereocenters. The zero-order valence-corrected chi connectivity index (χ0v) is 9.24. The van der Waals surface area contributed by atoms with E-state index in [1.54, 1.807) is 0 Å². The molecule has 0 amide bonds. The van der Waals surface area contributed by atoms with Gasteiger partial charge in [-0.05, 0) is 19.1 Å². The van der Waals surface area contributed by atoms with Gasteiger partial charge < -0.3 is 5.11 Å². The molecule has 0 saturated carbocycles. The van der Waals surface area contributed by atoms with Gasteiger partial charge in [-0.3, -0.25) is 4.79 Å². The van der Waals surface area contributed by atoms with Gasteiger partial charge in [-0.2, -0.15) is 0 Å². The second-order valence-electron chi connectivity index (χ2n) is 3.29. The van der Waals surface area contributed by atoms with Crippen molar-refractivity contribution in [3.05, 3.63) is 41.3 Å². The number of nitrogens with zero attached hydrogens (tertiary/aromatic N) is 2. The van der Waals surface area contributed by atoms with Crippen LogP contribution in [0.3, 0.4) is 0 Å². The number of carbonyl (C=O) groups is 1. The Labute approximate surface area is 96.3 Å². The Morgan fingerprint density at radius 3 is 2.41 bits per heavy atom. The number of allylic oxidation sites excluding steroid dienone is 2. The van der Waals surface area contributed by atoms with Gasteiger partial charge in [0, 0.05) is 13.0 Å². The maximum atomic E-state index is 13.1. The fourth-order valence-corrected chi connectivity index (χ4v) is 1.06. The molecule has 0 spiro atoms. The summed E-state index contributed by atoms with van der Waals surface area (Å²) in [5.41, 5.74) is -0.486. The van der Waals surface area contributed by atoms with Crippen LogP contribution in [0.5, 0.6) is 0 Å². The SMILES string of the molecule is CC(=O)/C(N=Nc1ccc(F)cc1F)=C(/C)O. The molecule has 17 heavy (non-hydrogen) atoms. The van der Waals surface area contributed by atoms with E-state index in [9.17, 15) is 13.6 Å². The number of halogens is 2. The van der Waals surface area contributed by atoms with E-state index in [1.165, 1.54) is 13.8 Å². The van der Waals surface area contributed by atoms with Crippen molar-refractivity contribution in [2.24, 2.45) is 10.2 Å². The van der Waals surface area contributed by atoms with Gasteiger partial charge >= 0.3 is 0 Å². The lowest BCUT2D eigenvalue weighted by Crippen LogP contribution is -1.96. The lowest BCUT2D eigenvalue weighted by molar-refractivity contribution is -0.113. The molecule has 0 aliphatic carbocycles.